The predicted octanol–water partition coefficient (Wildman–Crippen LogP) is 0.0282. The molecule has 18 heavy (non-hydrogen) atoms. The third-order valence-electron chi connectivity index (χ3n) is 2.64. The fraction of sp³-hybridized carbons (Fsp3) is 0.455. The van der Waals surface area contributed by atoms with Gasteiger partial charge in [0.15, 0.2) is 0 Å². The second kappa shape index (κ2) is 4.58. The van der Waals surface area contributed by atoms with Crippen LogP contribution in [0.25, 0.3) is 0 Å². The van der Waals surface area contributed by atoms with Crippen LogP contribution in [0.3, 0.4) is 0 Å². The van der Waals surface area contributed by atoms with Gasteiger partial charge in [0.25, 0.3) is 0 Å². The molecule has 1 aromatic heterocycles. The highest BCUT2D eigenvalue weighted by atomic mass is 16.5. The SMILES string of the molecule is CC1(OCC(=O)O)CN(c2nccc(C#N)n2)C1. The molecule has 7 heteroatoms. The van der Waals surface area contributed by atoms with Crippen molar-refractivity contribution in [3.8, 4) is 6.07 Å². The lowest BCUT2D eigenvalue weighted by molar-refractivity contribution is -0.150. The molecule has 1 aliphatic rings. The predicted molar refractivity (Wildman–Crippen MR) is 61.0 cm³/mol. The van der Waals surface area contributed by atoms with Crippen LogP contribution in [0.2, 0.25) is 0 Å². The fourth-order valence-corrected chi connectivity index (χ4v) is 1.79. The maximum Gasteiger partial charge on any atom is 0.329 e. The summed E-state index contributed by atoms with van der Waals surface area (Å²) in [6.07, 6.45) is 1.52. The van der Waals surface area contributed by atoms with Gasteiger partial charge in [-0.15, -0.1) is 0 Å². The van der Waals surface area contributed by atoms with Gasteiger partial charge >= 0.3 is 5.97 Å². The van der Waals surface area contributed by atoms with E-state index < -0.39 is 11.6 Å². The van der Waals surface area contributed by atoms with Gasteiger partial charge in [0.2, 0.25) is 5.95 Å². The standard InChI is InChI=1S/C11H12N4O3/c1-11(18-5-9(16)17)6-15(7-11)10-13-3-2-8(4-12)14-10/h2-3H,5-7H2,1H3,(H,16,17). The Bertz CT molecular complexity index is 505. The normalized spacial score (nSPS) is 16.8. The summed E-state index contributed by atoms with van der Waals surface area (Å²) in [5, 5.41) is 17.3. The van der Waals surface area contributed by atoms with E-state index in [2.05, 4.69) is 9.97 Å². The molecule has 0 spiro atoms. The number of ether oxygens (including phenoxy) is 1. The molecule has 0 aliphatic carbocycles. The van der Waals surface area contributed by atoms with Crippen molar-refractivity contribution in [2.75, 3.05) is 24.6 Å². The molecule has 0 saturated carbocycles. The number of anilines is 1. The van der Waals surface area contributed by atoms with Crippen molar-refractivity contribution in [1.82, 2.24) is 9.97 Å². The van der Waals surface area contributed by atoms with Crippen molar-refractivity contribution in [3.63, 3.8) is 0 Å². The molecule has 1 N–H and O–H groups in total. The number of nitrogens with zero attached hydrogens (tertiary/aromatic N) is 4. The Morgan fingerprint density at radius 3 is 3.06 bits per heavy atom. The highest BCUT2D eigenvalue weighted by Gasteiger charge is 2.41. The molecular formula is C11H12N4O3. The molecule has 7 nitrogen and oxygen atoms in total. The Morgan fingerprint density at radius 1 is 1.72 bits per heavy atom. The fourth-order valence-electron chi connectivity index (χ4n) is 1.79. The van der Waals surface area contributed by atoms with E-state index in [1.165, 1.54) is 12.3 Å². The van der Waals surface area contributed by atoms with Gasteiger partial charge in [0.1, 0.15) is 24.0 Å². The molecule has 0 unspecified atom stereocenters. The van der Waals surface area contributed by atoms with Gasteiger partial charge in [0.05, 0.1) is 13.1 Å². The lowest BCUT2D eigenvalue weighted by atomic mass is 9.97. The highest BCUT2D eigenvalue weighted by molar-refractivity contribution is 5.68. The first-order chi connectivity index (χ1) is 8.52. The second-order valence-electron chi connectivity index (χ2n) is 4.34. The van der Waals surface area contributed by atoms with Crippen molar-refractivity contribution in [2.45, 2.75) is 12.5 Å². The molecule has 0 aromatic carbocycles. The molecule has 2 rings (SSSR count). The van der Waals surface area contributed by atoms with Gasteiger partial charge in [0, 0.05) is 6.20 Å². The van der Waals surface area contributed by atoms with Crippen LogP contribution < -0.4 is 4.90 Å². The van der Waals surface area contributed by atoms with E-state index >= 15 is 0 Å². The number of carboxylic acid groups (broad SMARTS) is 1. The van der Waals surface area contributed by atoms with Crippen LogP contribution in [0.4, 0.5) is 5.95 Å². The molecule has 0 radical (unpaired) electrons. The Morgan fingerprint density at radius 2 is 2.44 bits per heavy atom. The molecule has 0 amide bonds. The van der Waals surface area contributed by atoms with Crippen molar-refractivity contribution in [3.05, 3.63) is 18.0 Å². The largest absolute Gasteiger partial charge is 0.480 e. The Hall–Kier alpha value is -2.20. The maximum absolute atomic E-state index is 10.4. The molecule has 0 atom stereocenters. The van der Waals surface area contributed by atoms with Crippen LogP contribution in [0, 0.1) is 11.3 Å². The van der Waals surface area contributed by atoms with E-state index in [9.17, 15) is 4.79 Å². The zero-order chi connectivity index (χ0) is 13.2. The monoisotopic (exact) mass is 248 g/mol. The van der Waals surface area contributed by atoms with Gasteiger partial charge in [-0.3, -0.25) is 0 Å². The topological polar surface area (TPSA) is 99.3 Å². The number of rotatable bonds is 4. The molecule has 2 heterocycles. The third kappa shape index (κ3) is 2.55. The molecule has 1 aliphatic heterocycles. The summed E-state index contributed by atoms with van der Waals surface area (Å²) in [7, 11) is 0. The van der Waals surface area contributed by atoms with Crippen molar-refractivity contribution in [1.29, 1.82) is 5.26 Å². The first-order valence-corrected chi connectivity index (χ1v) is 5.36. The number of aliphatic carboxylic acids is 1. The van der Waals surface area contributed by atoms with Gasteiger partial charge in [-0.05, 0) is 13.0 Å². The number of carboxylic acids is 1. The van der Waals surface area contributed by atoms with Crippen LogP contribution in [-0.2, 0) is 9.53 Å². The highest BCUT2D eigenvalue weighted by Crippen LogP contribution is 2.27. The van der Waals surface area contributed by atoms with E-state index in [-0.39, 0.29) is 6.61 Å². The van der Waals surface area contributed by atoms with Gasteiger partial charge < -0.3 is 14.7 Å². The number of hydrogen-bond acceptors (Lipinski definition) is 6. The summed E-state index contributed by atoms with van der Waals surface area (Å²) in [4.78, 5) is 20.4. The van der Waals surface area contributed by atoms with Crippen LogP contribution in [0.1, 0.15) is 12.6 Å². The summed E-state index contributed by atoms with van der Waals surface area (Å²) < 4.78 is 5.27. The van der Waals surface area contributed by atoms with Gasteiger partial charge in [-0.25, -0.2) is 14.8 Å². The first-order valence-electron chi connectivity index (χ1n) is 5.36. The first kappa shape index (κ1) is 12.3. The summed E-state index contributed by atoms with van der Waals surface area (Å²) in [5.41, 5.74) is -0.190. The second-order valence-corrected chi connectivity index (χ2v) is 4.34. The van der Waals surface area contributed by atoms with Gasteiger partial charge in [-0.1, -0.05) is 0 Å². The summed E-state index contributed by atoms with van der Waals surface area (Å²) in [6.45, 7) is 2.54. The quantitative estimate of drug-likeness (QED) is 0.802. The number of hydrogen-bond donors (Lipinski definition) is 1. The number of nitriles is 1. The Balaban J connectivity index is 1.95. The molecule has 94 valence electrons. The third-order valence-corrected chi connectivity index (χ3v) is 2.64. The molecule has 1 aromatic rings. The lowest BCUT2D eigenvalue weighted by Crippen LogP contribution is -2.62. The minimum atomic E-state index is -0.989. The smallest absolute Gasteiger partial charge is 0.329 e. The average molecular weight is 248 g/mol. The van der Waals surface area contributed by atoms with Gasteiger partial charge in [-0.2, -0.15) is 5.26 Å². The Labute approximate surface area is 104 Å². The van der Waals surface area contributed by atoms with E-state index in [1.54, 1.807) is 0 Å². The minimum absolute atomic E-state index is 0.306. The molecule has 1 saturated heterocycles. The van der Waals surface area contributed by atoms with E-state index in [0.717, 1.165) is 0 Å². The molecular weight excluding hydrogens is 236 g/mol. The lowest BCUT2D eigenvalue weighted by Gasteiger charge is -2.47. The summed E-state index contributed by atoms with van der Waals surface area (Å²) >= 11 is 0. The number of carbonyl (C=O) groups is 1. The van der Waals surface area contributed by atoms with Crippen molar-refractivity contribution in [2.24, 2.45) is 0 Å². The molecule has 0 bridgehead atoms. The summed E-state index contributed by atoms with van der Waals surface area (Å²) in [5.74, 6) is -0.525. The van der Waals surface area contributed by atoms with Crippen LogP contribution >= 0.6 is 0 Å². The zero-order valence-corrected chi connectivity index (χ0v) is 9.83. The summed E-state index contributed by atoms with van der Waals surface area (Å²) in [6, 6.07) is 3.48. The van der Waals surface area contributed by atoms with E-state index in [4.69, 9.17) is 15.1 Å². The number of aromatic nitrogens is 2. The Kier molecular flexibility index (Phi) is 3.12. The van der Waals surface area contributed by atoms with Crippen molar-refractivity contribution >= 4 is 11.9 Å². The van der Waals surface area contributed by atoms with Crippen LogP contribution in [0.5, 0.6) is 0 Å². The van der Waals surface area contributed by atoms with Crippen LogP contribution in [-0.4, -0.2) is 46.3 Å². The maximum atomic E-state index is 10.4. The van der Waals surface area contributed by atoms with Crippen molar-refractivity contribution < 1.29 is 14.6 Å². The van der Waals surface area contributed by atoms with Crippen LogP contribution in [0.15, 0.2) is 12.3 Å². The minimum Gasteiger partial charge on any atom is -0.480 e. The van der Waals surface area contributed by atoms with E-state index in [0.29, 0.717) is 24.7 Å². The molecule has 1 fully saturated rings. The van der Waals surface area contributed by atoms with E-state index in [1.807, 2.05) is 17.9 Å². The average Bonchev–Trinajstić information content (AvgIpc) is 2.33. The zero-order valence-electron chi connectivity index (χ0n) is 9.83.